The Morgan fingerprint density at radius 3 is 0.863 bits per heavy atom. The SMILES string of the molecule is O=S(=O)(OI(c1c(F)c(F)c(F)c(F)c1F)C(F)(F)C(F)(F)C(F)(F)C(F)(F)C(F)(F)C(F)(F)C(F)(F)C(F)(F)C(F)(F)C(F)(F)F)C(F)(F)F. The van der Waals surface area contributed by atoms with Crippen LogP contribution in [0.3, 0.4) is 0 Å². The molecule has 0 bridgehead atoms. The van der Waals surface area contributed by atoms with Gasteiger partial charge in [-0.25, -0.2) is 0 Å². The van der Waals surface area contributed by atoms with Crippen molar-refractivity contribution >= 4 is 30.4 Å². The van der Waals surface area contributed by atoms with Gasteiger partial charge < -0.3 is 0 Å². The van der Waals surface area contributed by atoms with E-state index in [4.69, 9.17) is 0 Å². The summed E-state index contributed by atoms with van der Waals surface area (Å²) in [7, 11) is -8.41. The average Bonchev–Trinajstić information content (AvgIpc) is 2.92. The van der Waals surface area contributed by atoms with Crippen molar-refractivity contribution in [3.8, 4) is 0 Å². The van der Waals surface area contributed by atoms with Gasteiger partial charge in [0, 0.05) is 0 Å². The van der Waals surface area contributed by atoms with Gasteiger partial charge in [-0.3, -0.25) is 0 Å². The molecule has 302 valence electrons. The Balaban J connectivity index is 4.28. The molecule has 0 fully saturated rings. The Labute approximate surface area is 264 Å². The molecule has 34 heteroatoms. The molecule has 1 rings (SSSR count). The van der Waals surface area contributed by atoms with E-state index in [9.17, 15) is 136 Å². The Morgan fingerprint density at radius 1 is 0.373 bits per heavy atom. The molecule has 0 aliphatic carbocycles. The maximum atomic E-state index is 14.8. The fourth-order valence-corrected chi connectivity index (χ4v) is 9.28. The zero-order chi connectivity index (χ0) is 41.7. The molecule has 3 nitrogen and oxygen atoms in total. The first-order valence-electron chi connectivity index (χ1n) is 10.5. The second-order valence-electron chi connectivity index (χ2n) is 8.69. The van der Waals surface area contributed by atoms with E-state index in [1.807, 2.05) is 0 Å². The Morgan fingerprint density at radius 2 is 0.608 bits per heavy atom. The molecule has 0 N–H and O–H groups in total. The van der Waals surface area contributed by atoms with Crippen molar-refractivity contribution in [3.63, 3.8) is 0 Å². The molecule has 0 spiro atoms. The third-order valence-corrected chi connectivity index (χ3v) is 12.6. The summed E-state index contributed by atoms with van der Waals surface area (Å²) in [4.78, 5) is 0. The molecule has 51 heavy (non-hydrogen) atoms. The predicted molar refractivity (Wildman–Crippen MR) is 106 cm³/mol. The van der Waals surface area contributed by atoms with Crippen molar-refractivity contribution in [2.24, 2.45) is 0 Å². The van der Waals surface area contributed by atoms with Crippen LogP contribution in [-0.2, 0) is 12.6 Å². The van der Waals surface area contributed by atoms with Gasteiger partial charge in [0.05, 0.1) is 0 Å². The fraction of sp³-hybridized carbons (Fsp3) is 0.647. The third kappa shape index (κ3) is 6.25. The van der Waals surface area contributed by atoms with Crippen LogP contribution in [-0.4, -0.2) is 71.4 Å². The van der Waals surface area contributed by atoms with Gasteiger partial charge in [-0.2, -0.15) is 0 Å². The monoisotopic (exact) mass is 962 g/mol. The average molecular weight is 962 g/mol. The van der Waals surface area contributed by atoms with Gasteiger partial charge in [-0.15, -0.1) is 0 Å². The summed E-state index contributed by atoms with van der Waals surface area (Å²) in [6.45, 7) is 0. The minimum atomic E-state index is -9.82. The minimum absolute atomic E-state index is 2.20. The summed E-state index contributed by atoms with van der Waals surface area (Å²) in [6.07, 6.45) is -8.30. The van der Waals surface area contributed by atoms with Gasteiger partial charge in [0.15, 0.2) is 0 Å². The fourth-order valence-electron chi connectivity index (χ4n) is 2.68. The van der Waals surface area contributed by atoms with Crippen LogP contribution >= 0.6 is 20.2 Å². The molecular formula is C17F29IO3S. The molecule has 0 aliphatic heterocycles. The number of hydrogen-bond donors (Lipinski definition) is 0. The predicted octanol–water partition coefficient (Wildman–Crippen LogP) is 10.1. The quantitative estimate of drug-likeness (QED) is 0.0524. The zero-order valence-electron chi connectivity index (χ0n) is 21.5. The summed E-state index contributed by atoms with van der Waals surface area (Å²) in [6, 6.07) is 0. The maximum absolute atomic E-state index is 14.8. The molecule has 0 saturated carbocycles. The molecule has 1 aromatic rings. The standard InChI is InChI=1S/C17F29IO3S/c18-1-2(19)4(21)6(5(22)3(1)20)47(50-51(48,49)17(44,45)46)16(42,43)14(37,38)12(33,34)10(29,30)8(25,26)7(23,24)9(27,28)11(31,32)13(35,36)15(39,40)41. The molecule has 0 amide bonds. The summed E-state index contributed by atoms with van der Waals surface area (Å²) in [5.41, 5.74) is -7.46. The second kappa shape index (κ2) is 12.4. The van der Waals surface area contributed by atoms with Crippen molar-refractivity contribution in [2.45, 2.75) is 63.0 Å². The van der Waals surface area contributed by atoms with E-state index in [0.717, 1.165) is 0 Å². The second-order valence-corrected chi connectivity index (χ2v) is 15.1. The summed E-state index contributed by atoms with van der Waals surface area (Å²) in [5.74, 6) is -95.9. The van der Waals surface area contributed by atoms with Crippen LogP contribution in [0.25, 0.3) is 0 Å². The van der Waals surface area contributed by atoms with Crippen LogP contribution in [0.4, 0.5) is 127 Å². The van der Waals surface area contributed by atoms with Gasteiger partial charge in [0.25, 0.3) is 0 Å². The van der Waals surface area contributed by atoms with Crippen LogP contribution < -0.4 is 0 Å². The van der Waals surface area contributed by atoms with E-state index in [2.05, 4.69) is 2.51 Å². The number of alkyl halides is 25. The summed E-state index contributed by atoms with van der Waals surface area (Å²) < 4.78 is 404. The van der Waals surface area contributed by atoms with Crippen molar-refractivity contribution < 1.29 is 138 Å². The first-order valence-corrected chi connectivity index (χ1v) is 14.9. The van der Waals surface area contributed by atoms with Gasteiger partial charge in [0.2, 0.25) is 0 Å². The molecule has 0 heterocycles. The van der Waals surface area contributed by atoms with E-state index in [1.54, 1.807) is 0 Å². The Kier molecular flexibility index (Phi) is 11.4. The first kappa shape index (κ1) is 46.9. The normalized spacial score (nSPS) is 16.1. The molecule has 0 radical (unpaired) electrons. The molecule has 0 aliphatic rings. The van der Waals surface area contributed by atoms with Crippen molar-refractivity contribution in [3.05, 3.63) is 32.7 Å². The number of hydrogen-bond acceptors (Lipinski definition) is 3. The van der Waals surface area contributed by atoms with Crippen molar-refractivity contribution in [2.75, 3.05) is 0 Å². The van der Waals surface area contributed by atoms with E-state index in [0.29, 0.717) is 0 Å². The summed E-state index contributed by atoms with van der Waals surface area (Å²) in [5, 5.41) is 0. The van der Waals surface area contributed by atoms with E-state index < -0.39 is 126 Å². The molecule has 0 unspecified atom stereocenters. The third-order valence-electron chi connectivity index (χ3n) is 5.45. The Bertz CT molecular complexity index is 1580. The van der Waals surface area contributed by atoms with Gasteiger partial charge in [0.1, 0.15) is 0 Å². The van der Waals surface area contributed by atoms with Crippen molar-refractivity contribution in [1.29, 1.82) is 0 Å². The molecule has 0 saturated heterocycles. The number of benzene rings is 1. The molecule has 1 aromatic carbocycles. The summed E-state index contributed by atoms with van der Waals surface area (Å²) >= 11 is -8.97. The van der Waals surface area contributed by atoms with Gasteiger partial charge >= 0.3 is 264 Å². The van der Waals surface area contributed by atoms with Gasteiger partial charge in [-0.1, -0.05) is 0 Å². The Hall–Kier alpha value is -2.17. The van der Waals surface area contributed by atoms with Crippen LogP contribution in [0.5, 0.6) is 0 Å². The molecule has 0 atom stereocenters. The molecular weight excluding hydrogens is 962 g/mol. The first-order chi connectivity index (χ1) is 21.8. The zero-order valence-corrected chi connectivity index (χ0v) is 24.4. The van der Waals surface area contributed by atoms with E-state index in [-0.39, 0.29) is 0 Å². The molecule has 0 aromatic heterocycles. The number of rotatable bonds is 12. The van der Waals surface area contributed by atoms with E-state index >= 15 is 0 Å². The van der Waals surface area contributed by atoms with Crippen LogP contribution in [0.1, 0.15) is 0 Å². The van der Waals surface area contributed by atoms with Gasteiger partial charge in [-0.05, 0) is 0 Å². The van der Waals surface area contributed by atoms with Crippen LogP contribution in [0.15, 0.2) is 0 Å². The topological polar surface area (TPSA) is 43.4 Å². The number of halogens is 30. The van der Waals surface area contributed by atoms with E-state index in [1.165, 1.54) is 0 Å². The van der Waals surface area contributed by atoms with Crippen LogP contribution in [0.2, 0.25) is 0 Å². The van der Waals surface area contributed by atoms with Crippen LogP contribution in [0, 0.1) is 32.7 Å². The van der Waals surface area contributed by atoms with Crippen molar-refractivity contribution in [1.82, 2.24) is 0 Å².